The summed E-state index contributed by atoms with van der Waals surface area (Å²) in [7, 11) is 0. The fraction of sp³-hybridized carbons (Fsp3) is 0.364. The molecule has 4 heteroatoms. The first-order valence-electron chi connectivity index (χ1n) is 4.85. The molecule has 0 aliphatic carbocycles. The SMILES string of the molecule is CCc1ccc(C(=O)NC/C=C/CCl)o1. The quantitative estimate of drug-likeness (QED) is 0.620. The Labute approximate surface area is 94.1 Å². The molecule has 0 fully saturated rings. The van der Waals surface area contributed by atoms with Gasteiger partial charge in [0.1, 0.15) is 5.76 Å². The van der Waals surface area contributed by atoms with Crippen molar-refractivity contribution < 1.29 is 9.21 Å². The molecule has 0 bridgehead atoms. The highest BCUT2D eigenvalue weighted by molar-refractivity contribution is 6.18. The number of allylic oxidation sites excluding steroid dienone is 1. The molecular weight excluding hydrogens is 214 g/mol. The van der Waals surface area contributed by atoms with Crippen molar-refractivity contribution in [2.75, 3.05) is 12.4 Å². The Balaban J connectivity index is 2.43. The predicted octanol–water partition coefficient (Wildman–Crippen LogP) is 2.37. The number of alkyl halides is 1. The minimum absolute atomic E-state index is 0.200. The summed E-state index contributed by atoms with van der Waals surface area (Å²) < 4.78 is 5.29. The summed E-state index contributed by atoms with van der Waals surface area (Å²) in [4.78, 5) is 11.5. The van der Waals surface area contributed by atoms with Crippen LogP contribution < -0.4 is 5.32 Å². The van der Waals surface area contributed by atoms with Crippen molar-refractivity contribution in [3.8, 4) is 0 Å². The fourth-order valence-corrected chi connectivity index (χ4v) is 1.20. The van der Waals surface area contributed by atoms with E-state index in [4.69, 9.17) is 16.0 Å². The molecule has 1 rings (SSSR count). The third-order valence-electron chi connectivity index (χ3n) is 1.87. The van der Waals surface area contributed by atoms with Gasteiger partial charge in [-0.05, 0) is 12.1 Å². The van der Waals surface area contributed by atoms with Gasteiger partial charge in [0.25, 0.3) is 5.91 Å². The van der Waals surface area contributed by atoms with Gasteiger partial charge < -0.3 is 9.73 Å². The summed E-state index contributed by atoms with van der Waals surface area (Å²) in [5.41, 5.74) is 0. The van der Waals surface area contributed by atoms with E-state index >= 15 is 0 Å². The summed E-state index contributed by atoms with van der Waals surface area (Å²) in [6.07, 6.45) is 4.37. The Morgan fingerprint density at radius 1 is 1.53 bits per heavy atom. The Kier molecular flexibility index (Phi) is 4.98. The van der Waals surface area contributed by atoms with Gasteiger partial charge in [-0.3, -0.25) is 4.79 Å². The third-order valence-corrected chi connectivity index (χ3v) is 2.05. The molecule has 0 aromatic carbocycles. The highest BCUT2D eigenvalue weighted by Gasteiger charge is 2.08. The maximum Gasteiger partial charge on any atom is 0.287 e. The molecule has 0 atom stereocenters. The van der Waals surface area contributed by atoms with Crippen molar-refractivity contribution in [2.24, 2.45) is 0 Å². The summed E-state index contributed by atoms with van der Waals surface area (Å²) in [6.45, 7) is 2.44. The predicted molar refractivity (Wildman–Crippen MR) is 60.3 cm³/mol. The van der Waals surface area contributed by atoms with Crippen LogP contribution >= 0.6 is 11.6 Å². The molecular formula is C11H14ClNO2. The van der Waals surface area contributed by atoms with Crippen LogP contribution in [0.1, 0.15) is 23.2 Å². The summed E-state index contributed by atoms with van der Waals surface area (Å²) in [6, 6.07) is 3.49. The molecule has 0 aliphatic heterocycles. The monoisotopic (exact) mass is 227 g/mol. The lowest BCUT2D eigenvalue weighted by atomic mass is 10.3. The van der Waals surface area contributed by atoms with E-state index in [1.54, 1.807) is 18.2 Å². The van der Waals surface area contributed by atoms with Crippen LogP contribution in [0.2, 0.25) is 0 Å². The molecule has 0 saturated heterocycles. The van der Waals surface area contributed by atoms with Crippen molar-refractivity contribution in [3.63, 3.8) is 0 Å². The molecule has 3 nitrogen and oxygen atoms in total. The number of rotatable bonds is 5. The van der Waals surface area contributed by atoms with Crippen LogP contribution in [0.5, 0.6) is 0 Å². The zero-order valence-electron chi connectivity index (χ0n) is 8.63. The van der Waals surface area contributed by atoms with Crippen LogP contribution in [-0.4, -0.2) is 18.3 Å². The zero-order valence-corrected chi connectivity index (χ0v) is 9.38. The van der Waals surface area contributed by atoms with Crippen LogP contribution in [-0.2, 0) is 6.42 Å². The molecule has 0 spiro atoms. The van der Waals surface area contributed by atoms with Crippen molar-refractivity contribution in [2.45, 2.75) is 13.3 Å². The third kappa shape index (κ3) is 3.80. The van der Waals surface area contributed by atoms with Gasteiger partial charge in [-0.15, -0.1) is 11.6 Å². The molecule has 0 aliphatic rings. The van der Waals surface area contributed by atoms with Gasteiger partial charge in [0.05, 0.1) is 0 Å². The topological polar surface area (TPSA) is 42.2 Å². The molecule has 1 aromatic heterocycles. The maximum atomic E-state index is 11.5. The van der Waals surface area contributed by atoms with Crippen molar-refractivity contribution in [1.29, 1.82) is 0 Å². The first-order valence-corrected chi connectivity index (χ1v) is 5.39. The van der Waals surface area contributed by atoms with E-state index in [2.05, 4.69) is 5.32 Å². The fourth-order valence-electron chi connectivity index (χ4n) is 1.08. The maximum absolute atomic E-state index is 11.5. The number of hydrogen-bond acceptors (Lipinski definition) is 2. The number of nitrogens with one attached hydrogen (secondary N) is 1. The minimum Gasteiger partial charge on any atom is -0.456 e. The average Bonchev–Trinajstić information content (AvgIpc) is 2.72. The Bertz CT molecular complexity index is 344. The molecule has 15 heavy (non-hydrogen) atoms. The number of furan rings is 1. The van der Waals surface area contributed by atoms with Crippen LogP contribution in [0.15, 0.2) is 28.7 Å². The Morgan fingerprint density at radius 2 is 2.33 bits per heavy atom. The minimum atomic E-state index is -0.200. The second kappa shape index (κ2) is 6.30. The Hall–Kier alpha value is -1.22. The molecule has 1 N–H and O–H groups in total. The number of hydrogen-bond donors (Lipinski definition) is 1. The molecule has 0 saturated carbocycles. The van der Waals surface area contributed by atoms with Gasteiger partial charge in [0, 0.05) is 18.8 Å². The van der Waals surface area contributed by atoms with E-state index in [0.29, 0.717) is 18.2 Å². The molecule has 1 heterocycles. The standard InChI is InChI=1S/C11H14ClNO2/c1-2-9-5-6-10(15-9)11(14)13-8-4-3-7-12/h3-6H,2,7-8H2,1H3,(H,13,14)/b4-3+. The first-order chi connectivity index (χ1) is 7.27. The highest BCUT2D eigenvalue weighted by atomic mass is 35.5. The molecule has 82 valence electrons. The second-order valence-electron chi connectivity index (χ2n) is 2.96. The van der Waals surface area contributed by atoms with Crippen LogP contribution in [0.25, 0.3) is 0 Å². The van der Waals surface area contributed by atoms with E-state index in [0.717, 1.165) is 12.2 Å². The smallest absolute Gasteiger partial charge is 0.287 e. The van der Waals surface area contributed by atoms with Gasteiger partial charge in [0.2, 0.25) is 0 Å². The number of halogens is 1. The normalized spacial score (nSPS) is 10.8. The van der Waals surface area contributed by atoms with Gasteiger partial charge in [-0.2, -0.15) is 0 Å². The summed E-state index contributed by atoms with van der Waals surface area (Å²) in [5.74, 6) is 1.42. The van der Waals surface area contributed by atoms with Crippen molar-refractivity contribution in [1.82, 2.24) is 5.32 Å². The zero-order chi connectivity index (χ0) is 11.1. The first kappa shape index (κ1) is 11.9. The van der Waals surface area contributed by atoms with E-state index < -0.39 is 0 Å². The van der Waals surface area contributed by atoms with E-state index in [9.17, 15) is 4.79 Å². The van der Waals surface area contributed by atoms with E-state index in [1.807, 2.05) is 13.0 Å². The number of carbonyl (C=O) groups excluding carboxylic acids is 1. The lowest BCUT2D eigenvalue weighted by Crippen LogP contribution is -2.22. The van der Waals surface area contributed by atoms with Crippen molar-refractivity contribution in [3.05, 3.63) is 35.8 Å². The van der Waals surface area contributed by atoms with Crippen LogP contribution in [0, 0.1) is 0 Å². The van der Waals surface area contributed by atoms with Gasteiger partial charge in [-0.1, -0.05) is 19.1 Å². The van der Waals surface area contributed by atoms with Gasteiger partial charge >= 0.3 is 0 Å². The highest BCUT2D eigenvalue weighted by Crippen LogP contribution is 2.07. The number of carbonyl (C=O) groups is 1. The lowest BCUT2D eigenvalue weighted by molar-refractivity contribution is 0.0929. The van der Waals surface area contributed by atoms with Gasteiger partial charge in [0.15, 0.2) is 5.76 Å². The number of amides is 1. The molecule has 0 radical (unpaired) electrons. The van der Waals surface area contributed by atoms with Crippen LogP contribution in [0.4, 0.5) is 0 Å². The molecule has 0 unspecified atom stereocenters. The second-order valence-corrected chi connectivity index (χ2v) is 3.26. The molecule has 1 aromatic rings. The summed E-state index contributed by atoms with van der Waals surface area (Å²) >= 11 is 5.44. The van der Waals surface area contributed by atoms with E-state index in [-0.39, 0.29) is 5.91 Å². The van der Waals surface area contributed by atoms with E-state index in [1.165, 1.54) is 0 Å². The molecule has 1 amide bonds. The summed E-state index contributed by atoms with van der Waals surface area (Å²) in [5, 5.41) is 2.69. The number of aryl methyl sites for hydroxylation is 1. The average molecular weight is 228 g/mol. The van der Waals surface area contributed by atoms with Crippen molar-refractivity contribution >= 4 is 17.5 Å². The van der Waals surface area contributed by atoms with Gasteiger partial charge in [-0.25, -0.2) is 0 Å². The largest absolute Gasteiger partial charge is 0.456 e. The van der Waals surface area contributed by atoms with Crippen LogP contribution in [0.3, 0.4) is 0 Å². The lowest BCUT2D eigenvalue weighted by Gasteiger charge is -1.97. The Morgan fingerprint density at radius 3 is 2.93 bits per heavy atom.